The first-order valence-corrected chi connectivity index (χ1v) is 7.05. The lowest BCUT2D eigenvalue weighted by Gasteiger charge is -2.08. The van der Waals surface area contributed by atoms with Gasteiger partial charge in [0, 0.05) is 28.1 Å². The number of benzene rings is 1. The van der Waals surface area contributed by atoms with Gasteiger partial charge in [-0.15, -0.1) is 23.1 Å². The average molecular weight is 269 g/mol. The van der Waals surface area contributed by atoms with E-state index in [4.69, 9.17) is 0 Å². The Morgan fingerprint density at radius 3 is 2.94 bits per heavy atom. The minimum Gasteiger partial charge on any atom is -0.392 e. The Kier molecular flexibility index (Phi) is 4.53. The molecule has 5 heteroatoms. The molecule has 90 valence electrons. The zero-order chi connectivity index (χ0) is 12.1. The van der Waals surface area contributed by atoms with E-state index in [0.29, 0.717) is 17.1 Å². The second kappa shape index (κ2) is 6.14. The first-order valence-electron chi connectivity index (χ1n) is 5.18. The van der Waals surface area contributed by atoms with E-state index in [1.54, 1.807) is 29.9 Å². The highest BCUT2D eigenvalue weighted by Crippen LogP contribution is 2.23. The Bertz CT molecular complexity index is 461. The molecule has 0 aliphatic heterocycles. The third kappa shape index (κ3) is 3.80. The Morgan fingerprint density at radius 1 is 1.41 bits per heavy atom. The molecule has 0 saturated carbocycles. The Balaban J connectivity index is 1.84. The van der Waals surface area contributed by atoms with Crippen LogP contribution in [0.2, 0.25) is 0 Å². The number of thioether (sulfide) groups is 1. The molecule has 0 radical (unpaired) electrons. The lowest BCUT2D eigenvalue weighted by molar-refractivity contribution is 0.201. The van der Waals surface area contributed by atoms with Crippen molar-refractivity contribution in [2.24, 2.45) is 0 Å². The number of aromatic nitrogens is 1. The lowest BCUT2D eigenvalue weighted by Crippen LogP contribution is -2.12. The Hall–Kier alpha value is -0.910. The predicted molar refractivity (Wildman–Crippen MR) is 68.9 cm³/mol. The highest BCUT2D eigenvalue weighted by molar-refractivity contribution is 7.99. The van der Waals surface area contributed by atoms with Gasteiger partial charge in [-0.25, -0.2) is 4.39 Å². The second-order valence-corrected chi connectivity index (χ2v) is 5.60. The second-order valence-electron chi connectivity index (χ2n) is 3.57. The number of aliphatic hydroxyl groups is 1. The maximum Gasteiger partial charge on any atom is 0.136 e. The third-order valence-corrected chi connectivity index (χ3v) is 4.18. The van der Waals surface area contributed by atoms with Crippen LogP contribution in [0.1, 0.15) is 4.88 Å². The van der Waals surface area contributed by atoms with Crippen molar-refractivity contribution in [3.63, 3.8) is 0 Å². The van der Waals surface area contributed by atoms with Crippen LogP contribution in [0, 0.1) is 5.82 Å². The monoisotopic (exact) mass is 269 g/mol. The summed E-state index contributed by atoms with van der Waals surface area (Å²) in [6.45, 7) is 0. The number of hydrogen-bond acceptors (Lipinski definition) is 4. The molecule has 0 saturated heterocycles. The maximum atomic E-state index is 13.3. The summed E-state index contributed by atoms with van der Waals surface area (Å²) in [5.74, 6) is 0.251. The quantitative estimate of drug-likeness (QED) is 0.847. The van der Waals surface area contributed by atoms with Crippen LogP contribution in [-0.4, -0.2) is 21.9 Å². The summed E-state index contributed by atoms with van der Waals surface area (Å²) in [6.07, 6.45) is 1.85. The van der Waals surface area contributed by atoms with Gasteiger partial charge < -0.3 is 5.11 Å². The molecule has 2 aromatic rings. The topological polar surface area (TPSA) is 33.1 Å². The number of nitrogens with zero attached hydrogens (tertiary/aromatic N) is 1. The van der Waals surface area contributed by atoms with Gasteiger partial charge in [0.2, 0.25) is 0 Å². The summed E-state index contributed by atoms with van der Waals surface area (Å²) in [4.78, 5) is 5.58. The van der Waals surface area contributed by atoms with E-state index < -0.39 is 6.10 Å². The van der Waals surface area contributed by atoms with E-state index in [2.05, 4.69) is 4.98 Å². The summed E-state index contributed by atoms with van der Waals surface area (Å²) >= 11 is 2.86. The number of halogens is 1. The molecule has 0 aliphatic carbocycles. The van der Waals surface area contributed by atoms with Crippen molar-refractivity contribution in [3.8, 4) is 0 Å². The van der Waals surface area contributed by atoms with Crippen molar-refractivity contribution in [2.45, 2.75) is 17.4 Å². The van der Waals surface area contributed by atoms with Gasteiger partial charge in [0.15, 0.2) is 0 Å². The first kappa shape index (κ1) is 12.5. The van der Waals surface area contributed by atoms with Crippen molar-refractivity contribution in [3.05, 3.63) is 46.7 Å². The van der Waals surface area contributed by atoms with Gasteiger partial charge in [-0.3, -0.25) is 4.98 Å². The van der Waals surface area contributed by atoms with E-state index in [-0.39, 0.29) is 5.82 Å². The summed E-state index contributed by atoms with van der Waals surface area (Å²) in [6, 6.07) is 6.60. The van der Waals surface area contributed by atoms with Crippen molar-refractivity contribution >= 4 is 23.1 Å². The highest BCUT2D eigenvalue weighted by Gasteiger charge is 2.09. The number of thiazole rings is 1. The zero-order valence-corrected chi connectivity index (χ0v) is 10.7. The summed E-state index contributed by atoms with van der Waals surface area (Å²) < 4.78 is 13.3. The molecule has 2 rings (SSSR count). The molecule has 0 bridgehead atoms. The van der Waals surface area contributed by atoms with Gasteiger partial charge in [0.1, 0.15) is 5.82 Å². The molecule has 1 atom stereocenters. The Labute approximate surface area is 108 Å². The van der Waals surface area contributed by atoms with Gasteiger partial charge in [0.25, 0.3) is 0 Å². The molecule has 1 heterocycles. The first-order chi connectivity index (χ1) is 8.25. The van der Waals surface area contributed by atoms with Crippen LogP contribution in [0.5, 0.6) is 0 Å². The minimum absolute atomic E-state index is 0.234. The van der Waals surface area contributed by atoms with Crippen molar-refractivity contribution < 1.29 is 9.50 Å². The average Bonchev–Trinajstić information content (AvgIpc) is 2.81. The van der Waals surface area contributed by atoms with Crippen LogP contribution in [0.25, 0.3) is 0 Å². The van der Waals surface area contributed by atoms with Gasteiger partial charge in [-0.2, -0.15) is 0 Å². The van der Waals surface area contributed by atoms with Gasteiger partial charge in [0.05, 0.1) is 11.6 Å². The minimum atomic E-state index is -0.472. The number of rotatable bonds is 5. The van der Waals surface area contributed by atoms with Gasteiger partial charge in [-0.1, -0.05) is 12.1 Å². The van der Waals surface area contributed by atoms with Crippen LogP contribution in [0.15, 0.2) is 40.9 Å². The predicted octanol–water partition coefficient (Wildman–Crippen LogP) is 2.98. The summed E-state index contributed by atoms with van der Waals surface area (Å²) in [7, 11) is 0. The molecule has 0 fully saturated rings. The largest absolute Gasteiger partial charge is 0.392 e. The zero-order valence-electron chi connectivity index (χ0n) is 9.04. The van der Waals surface area contributed by atoms with Crippen molar-refractivity contribution in [1.29, 1.82) is 0 Å². The van der Waals surface area contributed by atoms with Crippen LogP contribution in [0.3, 0.4) is 0 Å². The summed E-state index contributed by atoms with van der Waals surface area (Å²) in [5.41, 5.74) is 1.74. The number of hydrogen-bond donors (Lipinski definition) is 1. The van der Waals surface area contributed by atoms with E-state index in [9.17, 15) is 9.50 Å². The molecular weight excluding hydrogens is 257 g/mol. The van der Waals surface area contributed by atoms with E-state index >= 15 is 0 Å². The smallest absolute Gasteiger partial charge is 0.136 e. The molecule has 1 aromatic carbocycles. The van der Waals surface area contributed by atoms with Gasteiger partial charge >= 0.3 is 0 Å². The number of aliphatic hydroxyl groups excluding tert-OH is 1. The van der Waals surface area contributed by atoms with E-state index in [0.717, 1.165) is 4.88 Å². The third-order valence-electron chi connectivity index (χ3n) is 2.19. The van der Waals surface area contributed by atoms with Gasteiger partial charge in [-0.05, 0) is 12.1 Å². The highest BCUT2D eigenvalue weighted by atomic mass is 32.2. The van der Waals surface area contributed by atoms with E-state index in [1.165, 1.54) is 29.2 Å². The molecule has 1 N–H and O–H groups in total. The molecular formula is C12H12FNOS2. The van der Waals surface area contributed by atoms with Crippen LogP contribution < -0.4 is 0 Å². The molecule has 17 heavy (non-hydrogen) atoms. The maximum absolute atomic E-state index is 13.3. The van der Waals surface area contributed by atoms with Crippen LogP contribution >= 0.6 is 23.1 Å². The van der Waals surface area contributed by atoms with Crippen LogP contribution in [-0.2, 0) is 6.42 Å². The van der Waals surface area contributed by atoms with Crippen molar-refractivity contribution in [1.82, 2.24) is 4.98 Å². The Morgan fingerprint density at radius 2 is 2.24 bits per heavy atom. The molecule has 2 nitrogen and oxygen atoms in total. The normalized spacial score (nSPS) is 12.6. The fourth-order valence-electron chi connectivity index (χ4n) is 1.38. The molecule has 0 aliphatic rings. The fourth-order valence-corrected chi connectivity index (χ4v) is 2.92. The van der Waals surface area contributed by atoms with Crippen LogP contribution in [0.4, 0.5) is 4.39 Å². The summed E-state index contributed by atoms with van der Waals surface area (Å²) in [5, 5.41) is 9.81. The molecule has 1 aromatic heterocycles. The molecule has 1 unspecified atom stereocenters. The fraction of sp³-hybridized carbons (Fsp3) is 0.250. The van der Waals surface area contributed by atoms with Crippen molar-refractivity contribution in [2.75, 3.05) is 5.75 Å². The molecule has 0 spiro atoms. The standard InChI is InChI=1S/C12H12FNOS2/c13-11-3-1-2-4-12(11)16-7-9(15)5-10-6-14-8-17-10/h1-4,6,8-9,15H,5,7H2. The SMILES string of the molecule is OC(CSc1ccccc1F)Cc1cncs1. The molecule has 0 amide bonds. The van der Waals surface area contributed by atoms with E-state index in [1.807, 2.05) is 0 Å². The lowest BCUT2D eigenvalue weighted by atomic mass is 10.3.